The van der Waals surface area contributed by atoms with Gasteiger partial charge in [-0.05, 0) is 50.6 Å². The number of anilines is 1. The Morgan fingerprint density at radius 3 is 2.46 bits per heavy atom. The van der Waals surface area contributed by atoms with Crippen LogP contribution in [-0.4, -0.2) is 25.2 Å². The first-order chi connectivity index (χ1) is 11.5. The molecule has 0 aliphatic rings. The van der Waals surface area contributed by atoms with Crippen molar-refractivity contribution in [2.75, 3.05) is 5.32 Å². The van der Waals surface area contributed by atoms with Crippen molar-refractivity contribution in [1.82, 2.24) is 19.3 Å². The Labute approximate surface area is 141 Å². The van der Waals surface area contributed by atoms with E-state index in [9.17, 15) is 4.79 Å². The molecular formula is C18H21N5O. The van der Waals surface area contributed by atoms with Gasteiger partial charge in [0.15, 0.2) is 0 Å². The Morgan fingerprint density at radius 2 is 1.92 bits per heavy atom. The standard InChI is InChI=1S/C18H21N5O/c1-5-14-10-17(22(4)21-14)18(24)20-15-6-8-16(9-7-15)23-11-19-12(2)13(23)3/h6-11H,5H2,1-4H3,(H,20,24). The number of nitrogens with zero attached hydrogens (tertiary/aromatic N) is 4. The van der Waals surface area contributed by atoms with Gasteiger partial charge in [-0.1, -0.05) is 6.92 Å². The number of aromatic nitrogens is 4. The molecule has 0 radical (unpaired) electrons. The second-order valence-electron chi connectivity index (χ2n) is 5.78. The molecular weight excluding hydrogens is 302 g/mol. The number of aryl methyl sites for hydroxylation is 3. The molecule has 3 aromatic rings. The van der Waals surface area contributed by atoms with E-state index in [1.165, 1.54) is 0 Å². The third-order valence-corrected chi connectivity index (χ3v) is 4.18. The molecule has 1 amide bonds. The molecule has 0 unspecified atom stereocenters. The van der Waals surface area contributed by atoms with Crippen molar-refractivity contribution in [3.8, 4) is 5.69 Å². The van der Waals surface area contributed by atoms with E-state index >= 15 is 0 Å². The van der Waals surface area contributed by atoms with Crippen LogP contribution in [0.1, 0.15) is 34.5 Å². The summed E-state index contributed by atoms with van der Waals surface area (Å²) in [5.41, 5.74) is 5.34. The maximum Gasteiger partial charge on any atom is 0.273 e. The zero-order valence-corrected chi connectivity index (χ0v) is 14.4. The molecule has 0 saturated heterocycles. The number of benzene rings is 1. The molecule has 6 heteroatoms. The molecule has 2 aromatic heterocycles. The van der Waals surface area contributed by atoms with Crippen LogP contribution < -0.4 is 5.32 Å². The Kier molecular flexibility index (Phi) is 4.20. The fraction of sp³-hybridized carbons (Fsp3) is 0.278. The summed E-state index contributed by atoms with van der Waals surface area (Å²) in [7, 11) is 1.78. The summed E-state index contributed by atoms with van der Waals surface area (Å²) in [6.45, 7) is 6.03. The van der Waals surface area contributed by atoms with E-state index in [1.807, 2.05) is 55.7 Å². The number of carbonyl (C=O) groups excluding carboxylic acids is 1. The normalized spacial score (nSPS) is 10.8. The van der Waals surface area contributed by atoms with Crippen LogP contribution >= 0.6 is 0 Å². The van der Waals surface area contributed by atoms with Crippen molar-refractivity contribution in [1.29, 1.82) is 0 Å². The maximum absolute atomic E-state index is 12.4. The third-order valence-electron chi connectivity index (χ3n) is 4.18. The number of carbonyl (C=O) groups is 1. The Hall–Kier alpha value is -2.89. The monoisotopic (exact) mass is 323 g/mol. The highest BCUT2D eigenvalue weighted by Crippen LogP contribution is 2.17. The summed E-state index contributed by atoms with van der Waals surface area (Å²) < 4.78 is 3.63. The molecule has 3 rings (SSSR count). The number of imidazole rings is 1. The van der Waals surface area contributed by atoms with Crippen LogP contribution in [0.25, 0.3) is 5.69 Å². The van der Waals surface area contributed by atoms with Crippen molar-refractivity contribution in [3.05, 3.63) is 59.4 Å². The van der Waals surface area contributed by atoms with Crippen LogP contribution in [0.2, 0.25) is 0 Å². The van der Waals surface area contributed by atoms with Crippen LogP contribution in [0.5, 0.6) is 0 Å². The molecule has 0 fully saturated rings. The van der Waals surface area contributed by atoms with Crippen molar-refractivity contribution in [2.45, 2.75) is 27.2 Å². The molecule has 6 nitrogen and oxygen atoms in total. The first kappa shape index (κ1) is 16.0. The average Bonchev–Trinajstić information content (AvgIpc) is 3.12. The van der Waals surface area contributed by atoms with Gasteiger partial charge < -0.3 is 9.88 Å². The second kappa shape index (κ2) is 6.31. The highest BCUT2D eigenvalue weighted by Gasteiger charge is 2.13. The molecule has 124 valence electrons. The Bertz CT molecular complexity index is 873. The van der Waals surface area contributed by atoms with Crippen LogP contribution in [0.15, 0.2) is 36.7 Å². The highest BCUT2D eigenvalue weighted by atomic mass is 16.2. The van der Waals surface area contributed by atoms with Crippen LogP contribution in [-0.2, 0) is 13.5 Å². The number of rotatable bonds is 4. The maximum atomic E-state index is 12.4. The zero-order chi connectivity index (χ0) is 17.3. The third kappa shape index (κ3) is 2.95. The van der Waals surface area contributed by atoms with E-state index < -0.39 is 0 Å². The fourth-order valence-electron chi connectivity index (χ4n) is 2.57. The Morgan fingerprint density at radius 1 is 1.21 bits per heavy atom. The smallest absolute Gasteiger partial charge is 0.273 e. The largest absolute Gasteiger partial charge is 0.321 e. The van der Waals surface area contributed by atoms with Gasteiger partial charge in [-0.3, -0.25) is 9.48 Å². The van der Waals surface area contributed by atoms with Gasteiger partial charge in [0, 0.05) is 24.1 Å². The van der Waals surface area contributed by atoms with Gasteiger partial charge in [0.1, 0.15) is 5.69 Å². The molecule has 0 atom stereocenters. The first-order valence-corrected chi connectivity index (χ1v) is 7.95. The quantitative estimate of drug-likeness (QED) is 0.802. The molecule has 0 aliphatic carbocycles. The second-order valence-corrected chi connectivity index (χ2v) is 5.78. The van der Waals surface area contributed by atoms with Crippen molar-refractivity contribution in [2.24, 2.45) is 7.05 Å². The van der Waals surface area contributed by atoms with E-state index in [2.05, 4.69) is 15.4 Å². The van der Waals surface area contributed by atoms with Gasteiger partial charge >= 0.3 is 0 Å². The van der Waals surface area contributed by atoms with Gasteiger partial charge in [0.25, 0.3) is 5.91 Å². The van der Waals surface area contributed by atoms with Crippen LogP contribution in [0.3, 0.4) is 0 Å². The van der Waals surface area contributed by atoms with E-state index in [-0.39, 0.29) is 5.91 Å². The molecule has 0 saturated carbocycles. The van der Waals surface area contributed by atoms with Crippen molar-refractivity contribution < 1.29 is 4.79 Å². The lowest BCUT2D eigenvalue weighted by molar-refractivity contribution is 0.101. The van der Waals surface area contributed by atoms with Crippen LogP contribution in [0.4, 0.5) is 5.69 Å². The van der Waals surface area contributed by atoms with Gasteiger partial charge in [0.2, 0.25) is 0 Å². The SMILES string of the molecule is CCc1cc(C(=O)Nc2ccc(-n3cnc(C)c3C)cc2)n(C)n1. The highest BCUT2D eigenvalue weighted by molar-refractivity contribution is 6.03. The lowest BCUT2D eigenvalue weighted by Crippen LogP contribution is -2.16. The molecule has 1 N–H and O–H groups in total. The van der Waals surface area contributed by atoms with E-state index in [0.29, 0.717) is 5.69 Å². The van der Waals surface area contributed by atoms with Gasteiger partial charge in [-0.15, -0.1) is 0 Å². The molecule has 0 bridgehead atoms. The average molecular weight is 323 g/mol. The summed E-state index contributed by atoms with van der Waals surface area (Å²) in [5, 5.41) is 7.21. The van der Waals surface area contributed by atoms with E-state index in [4.69, 9.17) is 0 Å². The molecule has 2 heterocycles. The van der Waals surface area contributed by atoms with Crippen molar-refractivity contribution >= 4 is 11.6 Å². The van der Waals surface area contributed by atoms with Gasteiger partial charge in [0.05, 0.1) is 17.7 Å². The molecule has 24 heavy (non-hydrogen) atoms. The summed E-state index contributed by atoms with van der Waals surface area (Å²) in [6.07, 6.45) is 2.61. The van der Waals surface area contributed by atoms with Gasteiger partial charge in [-0.25, -0.2) is 4.98 Å². The van der Waals surface area contributed by atoms with E-state index in [0.717, 1.165) is 34.9 Å². The minimum absolute atomic E-state index is 0.160. The minimum atomic E-state index is -0.160. The predicted octanol–water partition coefficient (Wildman–Crippen LogP) is 3.04. The van der Waals surface area contributed by atoms with Gasteiger partial charge in [-0.2, -0.15) is 5.10 Å². The fourth-order valence-corrected chi connectivity index (χ4v) is 2.57. The van der Waals surface area contributed by atoms with Crippen molar-refractivity contribution in [3.63, 3.8) is 0 Å². The topological polar surface area (TPSA) is 64.7 Å². The van der Waals surface area contributed by atoms with Crippen LogP contribution in [0, 0.1) is 13.8 Å². The molecule has 0 spiro atoms. The van der Waals surface area contributed by atoms with E-state index in [1.54, 1.807) is 18.1 Å². The summed E-state index contributed by atoms with van der Waals surface area (Å²) in [4.78, 5) is 16.7. The summed E-state index contributed by atoms with van der Waals surface area (Å²) >= 11 is 0. The lowest BCUT2D eigenvalue weighted by Gasteiger charge is -2.08. The number of hydrogen-bond acceptors (Lipinski definition) is 3. The summed E-state index contributed by atoms with van der Waals surface area (Å²) in [6, 6.07) is 9.52. The zero-order valence-electron chi connectivity index (χ0n) is 14.4. The number of hydrogen-bond donors (Lipinski definition) is 1. The predicted molar refractivity (Wildman–Crippen MR) is 93.6 cm³/mol. The molecule has 0 aliphatic heterocycles. The lowest BCUT2D eigenvalue weighted by atomic mass is 10.2. The summed E-state index contributed by atoms with van der Waals surface area (Å²) in [5.74, 6) is -0.160. The Balaban J connectivity index is 1.77. The minimum Gasteiger partial charge on any atom is -0.321 e. The number of amides is 1. The first-order valence-electron chi connectivity index (χ1n) is 7.95. The number of nitrogens with one attached hydrogen (secondary N) is 1. The molecule has 1 aromatic carbocycles.